The van der Waals surface area contributed by atoms with E-state index < -0.39 is 12.1 Å². The fraction of sp³-hybridized carbons (Fsp3) is 0.333. The lowest BCUT2D eigenvalue weighted by Crippen LogP contribution is -2.35. The summed E-state index contributed by atoms with van der Waals surface area (Å²) in [5.41, 5.74) is 2.39. The number of nitrogens with one attached hydrogen (secondary N) is 1. The van der Waals surface area contributed by atoms with Crippen molar-refractivity contribution in [3.63, 3.8) is 0 Å². The first-order valence-corrected chi connectivity index (χ1v) is 8.64. The molecule has 0 unspecified atom stereocenters. The van der Waals surface area contributed by atoms with Gasteiger partial charge in [0, 0.05) is 4.90 Å². The lowest BCUT2D eigenvalue weighted by Gasteiger charge is -2.13. The number of carbonyl (C=O) groups is 2. The van der Waals surface area contributed by atoms with E-state index in [1.165, 1.54) is 29.2 Å². The quantitative estimate of drug-likeness (QED) is 0.615. The molecule has 6 heteroatoms. The van der Waals surface area contributed by atoms with Gasteiger partial charge in [0.25, 0.3) is 5.91 Å². The van der Waals surface area contributed by atoms with E-state index in [0.29, 0.717) is 5.76 Å². The third-order valence-electron chi connectivity index (χ3n) is 3.53. The van der Waals surface area contributed by atoms with Crippen molar-refractivity contribution in [2.24, 2.45) is 0 Å². The molecule has 128 valence electrons. The molecule has 0 aliphatic heterocycles. The molecular formula is C18H21NO4S. The van der Waals surface area contributed by atoms with Gasteiger partial charge < -0.3 is 14.5 Å². The molecule has 2 aromatic rings. The number of rotatable bonds is 7. The molecule has 0 radical (unpaired) electrons. The number of carbonyl (C=O) groups excluding carboxylic acids is 2. The largest absolute Gasteiger partial charge is 0.467 e. The van der Waals surface area contributed by atoms with Crippen LogP contribution < -0.4 is 5.32 Å². The van der Waals surface area contributed by atoms with Gasteiger partial charge in [0.05, 0.1) is 18.6 Å². The Morgan fingerprint density at radius 2 is 2.04 bits per heavy atom. The molecule has 0 fully saturated rings. The first-order chi connectivity index (χ1) is 11.5. The highest BCUT2D eigenvalue weighted by atomic mass is 32.2. The topological polar surface area (TPSA) is 68.5 Å². The van der Waals surface area contributed by atoms with Crippen LogP contribution in [0.3, 0.4) is 0 Å². The molecule has 1 atom stereocenters. The van der Waals surface area contributed by atoms with Gasteiger partial charge in [-0.3, -0.25) is 9.59 Å². The molecule has 1 aromatic carbocycles. The van der Waals surface area contributed by atoms with E-state index in [4.69, 9.17) is 9.15 Å². The number of amides is 1. The zero-order valence-corrected chi connectivity index (χ0v) is 14.8. The van der Waals surface area contributed by atoms with E-state index in [1.54, 1.807) is 19.1 Å². The van der Waals surface area contributed by atoms with Crippen LogP contribution in [0.15, 0.2) is 45.9 Å². The van der Waals surface area contributed by atoms with Gasteiger partial charge in [-0.2, -0.15) is 0 Å². The van der Waals surface area contributed by atoms with Crippen molar-refractivity contribution in [1.29, 1.82) is 0 Å². The second-order valence-corrected chi connectivity index (χ2v) is 6.51. The third-order valence-corrected chi connectivity index (χ3v) is 4.50. The van der Waals surface area contributed by atoms with Gasteiger partial charge in [0.15, 0.2) is 6.10 Å². The smallest absolute Gasteiger partial charge is 0.317 e. The number of benzene rings is 1. The Morgan fingerprint density at radius 3 is 2.71 bits per heavy atom. The molecule has 0 bridgehead atoms. The van der Waals surface area contributed by atoms with Gasteiger partial charge >= 0.3 is 5.97 Å². The Hall–Kier alpha value is -2.21. The van der Waals surface area contributed by atoms with Crippen molar-refractivity contribution in [3.05, 3.63) is 53.5 Å². The number of thioether (sulfide) groups is 1. The van der Waals surface area contributed by atoms with Crippen LogP contribution >= 0.6 is 11.8 Å². The minimum absolute atomic E-state index is 0.165. The normalized spacial score (nSPS) is 11.8. The zero-order valence-electron chi connectivity index (χ0n) is 14.0. The number of furan rings is 1. The number of hydrogen-bond acceptors (Lipinski definition) is 5. The minimum atomic E-state index is -0.840. The average molecular weight is 347 g/mol. The van der Waals surface area contributed by atoms with Gasteiger partial charge in [-0.25, -0.2) is 0 Å². The Morgan fingerprint density at radius 1 is 1.25 bits per heavy atom. The predicted octanol–water partition coefficient (Wildman–Crippen LogP) is 3.24. The van der Waals surface area contributed by atoms with Crippen LogP contribution in [0.1, 0.15) is 23.8 Å². The second-order valence-electron chi connectivity index (χ2n) is 5.46. The zero-order chi connectivity index (χ0) is 17.5. The molecule has 0 saturated carbocycles. The monoisotopic (exact) mass is 347 g/mol. The van der Waals surface area contributed by atoms with Crippen LogP contribution in [0.4, 0.5) is 0 Å². The maximum absolute atomic E-state index is 11.9. The Bertz CT molecular complexity index is 697. The molecule has 1 heterocycles. The first kappa shape index (κ1) is 18.1. The summed E-state index contributed by atoms with van der Waals surface area (Å²) in [5, 5.41) is 2.66. The summed E-state index contributed by atoms with van der Waals surface area (Å²) in [7, 11) is 0. The fourth-order valence-corrected chi connectivity index (χ4v) is 2.74. The van der Waals surface area contributed by atoms with E-state index in [0.717, 1.165) is 4.90 Å². The number of esters is 1. The van der Waals surface area contributed by atoms with Crippen molar-refractivity contribution in [1.82, 2.24) is 5.32 Å². The molecule has 2 rings (SSSR count). The van der Waals surface area contributed by atoms with Crippen molar-refractivity contribution in [2.45, 2.75) is 38.3 Å². The SMILES string of the molecule is Cc1ccc(SCC(=O)O[C@@H](C)C(=O)NCc2ccco2)cc1C. The number of aryl methyl sites for hydroxylation is 2. The maximum atomic E-state index is 11.9. The second kappa shape index (κ2) is 8.59. The minimum Gasteiger partial charge on any atom is -0.467 e. The highest BCUT2D eigenvalue weighted by Crippen LogP contribution is 2.21. The number of hydrogen-bond donors (Lipinski definition) is 1. The fourth-order valence-electron chi connectivity index (χ4n) is 1.96. The lowest BCUT2D eigenvalue weighted by atomic mass is 10.1. The summed E-state index contributed by atoms with van der Waals surface area (Å²) in [6.45, 7) is 5.89. The Labute approximate surface area is 145 Å². The van der Waals surface area contributed by atoms with Gasteiger partial charge in [-0.1, -0.05) is 6.07 Å². The summed E-state index contributed by atoms with van der Waals surface area (Å²) in [5.74, 6) is 0.0418. The maximum Gasteiger partial charge on any atom is 0.317 e. The molecule has 24 heavy (non-hydrogen) atoms. The molecular weight excluding hydrogens is 326 g/mol. The van der Waals surface area contributed by atoms with Gasteiger partial charge in [-0.15, -0.1) is 11.8 Å². The molecule has 0 aliphatic carbocycles. The van der Waals surface area contributed by atoms with E-state index in [9.17, 15) is 9.59 Å². The summed E-state index contributed by atoms with van der Waals surface area (Å²) in [6.07, 6.45) is 0.697. The van der Waals surface area contributed by atoms with Crippen LogP contribution in [0.2, 0.25) is 0 Å². The highest BCUT2D eigenvalue weighted by molar-refractivity contribution is 8.00. The first-order valence-electron chi connectivity index (χ1n) is 7.65. The summed E-state index contributed by atoms with van der Waals surface area (Å²) in [4.78, 5) is 24.8. The standard InChI is InChI=1S/C18H21NO4S/c1-12-6-7-16(9-13(12)2)24-11-17(20)23-14(3)18(21)19-10-15-5-4-8-22-15/h4-9,14H,10-11H2,1-3H3,(H,19,21)/t14-/m0/s1. The van der Waals surface area contributed by atoms with Gasteiger partial charge in [-0.05, 0) is 56.2 Å². The van der Waals surface area contributed by atoms with Gasteiger partial charge in [0.1, 0.15) is 5.76 Å². The molecule has 1 N–H and O–H groups in total. The highest BCUT2D eigenvalue weighted by Gasteiger charge is 2.18. The average Bonchev–Trinajstić information content (AvgIpc) is 3.07. The van der Waals surface area contributed by atoms with E-state index >= 15 is 0 Å². The predicted molar refractivity (Wildman–Crippen MR) is 92.7 cm³/mol. The van der Waals surface area contributed by atoms with E-state index in [1.807, 2.05) is 32.0 Å². The van der Waals surface area contributed by atoms with Crippen LogP contribution in [-0.2, 0) is 20.9 Å². The Kier molecular flexibility index (Phi) is 6.49. The molecule has 1 aromatic heterocycles. The third kappa shape index (κ3) is 5.45. The van der Waals surface area contributed by atoms with E-state index in [2.05, 4.69) is 5.32 Å². The summed E-state index contributed by atoms with van der Waals surface area (Å²) in [6, 6.07) is 9.53. The summed E-state index contributed by atoms with van der Waals surface area (Å²) >= 11 is 1.40. The van der Waals surface area contributed by atoms with Crippen molar-refractivity contribution < 1.29 is 18.7 Å². The Balaban J connectivity index is 1.74. The van der Waals surface area contributed by atoms with E-state index in [-0.39, 0.29) is 18.2 Å². The van der Waals surface area contributed by atoms with Crippen LogP contribution in [-0.4, -0.2) is 23.7 Å². The van der Waals surface area contributed by atoms with Crippen molar-refractivity contribution in [3.8, 4) is 0 Å². The van der Waals surface area contributed by atoms with Crippen LogP contribution in [0.25, 0.3) is 0 Å². The molecule has 0 spiro atoms. The van der Waals surface area contributed by atoms with Crippen LogP contribution in [0, 0.1) is 13.8 Å². The lowest BCUT2D eigenvalue weighted by molar-refractivity contribution is -0.152. The van der Waals surface area contributed by atoms with Crippen molar-refractivity contribution in [2.75, 3.05) is 5.75 Å². The summed E-state index contributed by atoms with van der Waals surface area (Å²) < 4.78 is 10.3. The molecule has 5 nitrogen and oxygen atoms in total. The number of ether oxygens (including phenoxy) is 1. The molecule has 0 aliphatic rings. The molecule has 1 amide bonds. The van der Waals surface area contributed by atoms with Gasteiger partial charge in [0.2, 0.25) is 0 Å². The van der Waals surface area contributed by atoms with Crippen molar-refractivity contribution >= 4 is 23.6 Å². The van der Waals surface area contributed by atoms with Crippen LogP contribution in [0.5, 0.6) is 0 Å². The molecule has 0 saturated heterocycles.